The van der Waals surface area contributed by atoms with Crippen LogP contribution in [0.1, 0.15) is 44.4 Å². The number of carbonyl (C=O) groups excluding carboxylic acids is 2. The smallest absolute Gasteiger partial charge is 0.264 e. The first-order valence-electron chi connectivity index (χ1n) is 15.5. The van der Waals surface area contributed by atoms with Crippen LogP contribution in [0.4, 0.5) is 5.69 Å². The lowest BCUT2D eigenvalue weighted by molar-refractivity contribution is -0.140. The third kappa shape index (κ3) is 9.59. The molecule has 0 saturated heterocycles. The zero-order valence-corrected chi connectivity index (χ0v) is 29.0. The Balaban J connectivity index is 1.82. The van der Waals surface area contributed by atoms with Gasteiger partial charge in [-0.2, -0.15) is 0 Å². The fourth-order valence-corrected chi connectivity index (χ4v) is 6.66. The van der Waals surface area contributed by atoms with Crippen LogP contribution in [-0.4, -0.2) is 49.9 Å². The molecule has 10 heteroatoms. The molecule has 4 aromatic carbocycles. The zero-order chi connectivity index (χ0) is 34.2. The van der Waals surface area contributed by atoms with Crippen molar-refractivity contribution in [3.8, 4) is 5.75 Å². The molecule has 0 aliphatic carbocycles. The van der Waals surface area contributed by atoms with E-state index in [1.54, 1.807) is 24.3 Å². The van der Waals surface area contributed by atoms with E-state index in [1.807, 2.05) is 89.2 Å². The van der Waals surface area contributed by atoms with Gasteiger partial charge in [0.05, 0.1) is 17.2 Å². The second-order valence-corrected chi connectivity index (χ2v) is 14.6. The minimum Gasteiger partial charge on any atom is -0.494 e. The van der Waals surface area contributed by atoms with Gasteiger partial charge in [-0.3, -0.25) is 13.9 Å². The molecule has 0 aromatic heterocycles. The van der Waals surface area contributed by atoms with Crippen LogP contribution in [0.5, 0.6) is 5.75 Å². The van der Waals surface area contributed by atoms with Gasteiger partial charge in [0.15, 0.2) is 0 Å². The van der Waals surface area contributed by atoms with Gasteiger partial charge in [0.2, 0.25) is 11.8 Å². The summed E-state index contributed by atoms with van der Waals surface area (Å²) in [5.74, 6) is -0.310. The summed E-state index contributed by atoms with van der Waals surface area (Å²) in [6, 6.07) is 28.5. The molecule has 0 heterocycles. The Bertz CT molecular complexity index is 1760. The van der Waals surface area contributed by atoms with Crippen LogP contribution < -0.4 is 14.4 Å². The monoisotopic (exact) mass is 675 g/mol. The van der Waals surface area contributed by atoms with E-state index in [9.17, 15) is 18.0 Å². The average molecular weight is 676 g/mol. The van der Waals surface area contributed by atoms with Crippen LogP contribution in [0.15, 0.2) is 108 Å². The highest BCUT2D eigenvalue weighted by Gasteiger charge is 2.35. The number of sulfonamides is 1. The number of ether oxygens (including phenoxy) is 1. The van der Waals surface area contributed by atoms with Crippen molar-refractivity contribution in [1.82, 2.24) is 10.2 Å². The summed E-state index contributed by atoms with van der Waals surface area (Å²) in [5.41, 5.74) is 2.34. The Morgan fingerprint density at radius 1 is 0.872 bits per heavy atom. The molecule has 0 bridgehead atoms. The molecule has 4 aromatic rings. The topological polar surface area (TPSA) is 96.0 Å². The number of hydrogen-bond acceptors (Lipinski definition) is 5. The Hall–Kier alpha value is -4.34. The van der Waals surface area contributed by atoms with Crippen molar-refractivity contribution in [3.05, 3.63) is 125 Å². The van der Waals surface area contributed by atoms with Gasteiger partial charge in [0.1, 0.15) is 18.3 Å². The number of carbonyl (C=O) groups is 2. The van der Waals surface area contributed by atoms with Gasteiger partial charge in [-0.15, -0.1) is 0 Å². The summed E-state index contributed by atoms with van der Waals surface area (Å²) in [6.07, 6.45) is 0.230. The first-order chi connectivity index (χ1) is 22.3. The SMILES string of the molecule is CCOc1ccc(N(CC(=O)N(Cc2ccccc2C)C(Cc2ccccc2)C(=O)NC(C)(C)C)S(=O)(=O)c2ccc(Cl)cc2)cc1. The minimum absolute atomic E-state index is 0.0275. The zero-order valence-electron chi connectivity index (χ0n) is 27.4. The number of rotatable bonds is 13. The van der Waals surface area contributed by atoms with Crippen molar-refractivity contribution >= 4 is 39.1 Å². The van der Waals surface area contributed by atoms with E-state index < -0.39 is 34.1 Å². The van der Waals surface area contributed by atoms with Crippen molar-refractivity contribution in [2.75, 3.05) is 17.5 Å². The van der Waals surface area contributed by atoms with Gasteiger partial charge in [-0.25, -0.2) is 8.42 Å². The molecular formula is C37H42ClN3O5S. The maximum Gasteiger partial charge on any atom is 0.264 e. The molecule has 0 aliphatic heterocycles. The van der Waals surface area contributed by atoms with Gasteiger partial charge in [0.25, 0.3) is 10.0 Å². The van der Waals surface area contributed by atoms with E-state index in [4.69, 9.17) is 16.3 Å². The van der Waals surface area contributed by atoms with Crippen LogP contribution >= 0.6 is 11.6 Å². The largest absolute Gasteiger partial charge is 0.494 e. The van der Waals surface area contributed by atoms with Crippen LogP contribution in [0.2, 0.25) is 5.02 Å². The van der Waals surface area contributed by atoms with E-state index in [1.165, 1.54) is 29.2 Å². The highest BCUT2D eigenvalue weighted by Crippen LogP contribution is 2.28. The van der Waals surface area contributed by atoms with E-state index >= 15 is 0 Å². The molecule has 1 N–H and O–H groups in total. The Morgan fingerprint density at radius 2 is 1.49 bits per heavy atom. The molecule has 0 saturated carbocycles. The van der Waals surface area contributed by atoms with Crippen LogP contribution in [0.3, 0.4) is 0 Å². The van der Waals surface area contributed by atoms with Crippen LogP contribution in [0.25, 0.3) is 0 Å². The number of aryl methyl sites for hydroxylation is 1. The maximum atomic E-state index is 14.6. The highest BCUT2D eigenvalue weighted by molar-refractivity contribution is 7.92. The Morgan fingerprint density at radius 3 is 2.09 bits per heavy atom. The van der Waals surface area contributed by atoms with Crippen molar-refractivity contribution in [3.63, 3.8) is 0 Å². The normalized spacial score (nSPS) is 12.2. The molecule has 248 valence electrons. The molecule has 0 spiro atoms. The fraction of sp³-hybridized carbons (Fsp3) is 0.297. The molecule has 8 nitrogen and oxygen atoms in total. The molecule has 47 heavy (non-hydrogen) atoms. The van der Waals surface area contributed by atoms with Gasteiger partial charge in [-0.1, -0.05) is 66.2 Å². The second kappa shape index (κ2) is 15.5. The summed E-state index contributed by atoms with van der Waals surface area (Å²) >= 11 is 6.08. The number of anilines is 1. The molecule has 1 unspecified atom stereocenters. The number of amides is 2. The standard InChI is InChI=1S/C37H42ClN3O5S/c1-6-46-32-20-18-31(19-21-32)41(47(44,45)33-22-16-30(38)17-23-33)26-35(42)40(25-29-15-11-10-12-27(29)2)34(36(43)39-37(3,4)5)24-28-13-8-7-9-14-28/h7-23,34H,6,24-26H2,1-5H3,(H,39,43). The second-order valence-electron chi connectivity index (χ2n) is 12.3. The summed E-state index contributed by atoms with van der Waals surface area (Å²) < 4.78 is 35.1. The number of halogens is 1. The number of hydrogen-bond donors (Lipinski definition) is 1. The third-order valence-corrected chi connectivity index (χ3v) is 9.53. The summed E-state index contributed by atoms with van der Waals surface area (Å²) in [7, 11) is -4.25. The first-order valence-corrected chi connectivity index (χ1v) is 17.3. The lowest BCUT2D eigenvalue weighted by Gasteiger charge is -2.35. The minimum atomic E-state index is -4.25. The molecule has 0 fully saturated rings. The summed E-state index contributed by atoms with van der Waals surface area (Å²) in [4.78, 5) is 30.1. The Kier molecular flexibility index (Phi) is 11.7. The van der Waals surface area contributed by atoms with E-state index in [-0.39, 0.29) is 29.5 Å². The number of nitrogens with one attached hydrogen (secondary N) is 1. The van der Waals surface area contributed by atoms with Gasteiger partial charge >= 0.3 is 0 Å². The number of nitrogens with zero attached hydrogens (tertiary/aromatic N) is 2. The molecule has 0 radical (unpaired) electrons. The lowest BCUT2D eigenvalue weighted by Crippen LogP contribution is -2.56. The maximum absolute atomic E-state index is 14.6. The average Bonchev–Trinajstić information content (AvgIpc) is 3.02. The third-order valence-electron chi connectivity index (χ3n) is 7.49. The lowest BCUT2D eigenvalue weighted by atomic mass is 10.00. The van der Waals surface area contributed by atoms with Crippen LogP contribution in [0, 0.1) is 6.92 Å². The molecular weight excluding hydrogens is 634 g/mol. The van der Waals surface area contributed by atoms with E-state index in [2.05, 4.69) is 5.32 Å². The number of benzene rings is 4. The highest BCUT2D eigenvalue weighted by atomic mass is 35.5. The van der Waals surface area contributed by atoms with Crippen molar-refractivity contribution in [1.29, 1.82) is 0 Å². The summed E-state index contributed by atoms with van der Waals surface area (Å²) in [6.45, 7) is 9.42. The van der Waals surface area contributed by atoms with Crippen molar-refractivity contribution < 1.29 is 22.7 Å². The van der Waals surface area contributed by atoms with Crippen molar-refractivity contribution in [2.45, 2.75) is 64.1 Å². The van der Waals surface area contributed by atoms with Gasteiger partial charge in [0, 0.05) is 23.5 Å². The van der Waals surface area contributed by atoms with E-state index in [0.717, 1.165) is 21.0 Å². The van der Waals surface area contributed by atoms with Gasteiger partial charge in [-0.05, 0) is 99.8 Å². The predicted octanol–water partition coefficient (Wildman–Crippen LogP) is 6.80. The molecule has 2 amide bonds. The molecule has 0 aliphatic rings. The summed E-state index contributed by atoms with van der Waals surface area (Å²) in [5, 5.41) is 3.43. The Labute approximate surface area is 283 Å². The van der Waals surface area contributed by atoms with Crippen molar-refractivity contribution in [2.24, 2.45) is 0 Å². The molecule has 1 atom stereocenters. The molecule has 4 rings (SSSR count). The predicted molar refractivity (Wildman–Crippen MR) is 187 cm³/mol. The van der Waals surface area contributed by atoms with Crippen LogP contribution in [-0.2, 0) is 32.6 Å². The van der Waals surface area contributed by atoms with E-state index in [0.29, 0.717) is 17.4 Å². The van der Waals surface area contributed by atoms with Gasteiger partial charge < -0.3 is 15.0 Å². The fourth-order valence-electron chi connectivity index (χ4n) is 5.12. The quantitative estimate of drug-likeness (QED) is 0.168. The first kappa shape index (κ1) is 35.5.